The van der Waals surface area contributed by atoms with Crippen molar-refractivity contribution in [2.45, 2.75) is 51.4 Å². The lowest BCUT2D eigenvalue weighted by molar-refractivity contribution is -0.0118. The third-order valence-corrected chi connectivity index (χ3v) is 9.32. The fraction of sp³-hybridized carbons (Fsp3) is 0.500. The van der Waals surface area contributed by atoms with Crippen molar-refractivity contribution in [3.8, 4) is 21.1 Å². The summed E-state index contributed by atoms with van der Waals surface area (Å²) in [5.41, 5.74) is 4.65. The Morgan fingerprint density at radius 3 is 2.43 bits per heavy atom. The van der Waals surface area contributed by atoms with Crippen molar-refractivity contribution in [3.63, 3.8) is 0 Å². The molecule has 1 aliphatic carbocycles. The standard InChI is InChI=1S/C26H28F2IN5S/c1-17-13-18(14-22(30-17)34-10-2-5-26(27,28)16-34)23-31-32-24(35-23)20-4-3-19(29)15-21(20)33-11-8-25(6-7-25)9-12-33/h3-4,13-15H,2,5-12,16H2,1H3. The van der Waals surface area contributed by atoms with Gasteiger partial charge in [0, 0.05) is 52.1 Å². The summed E-state index contributed by atoms with van der Waals surface area (Å²) in [5, 5.41) is 10.8. The molecule has 9 heteroatoms. The van der Waals surface area contributed by atoms with Crippen LogP contribution >= 0.6 is 33.9 Å². The van der Waals surface area contributed by atoms with Crippen LogP contribution in [0.2, 0.25) is 0 Å². The van der Waals surface area contributed by atoms with Crippen molar-refractivity contribution >= 4 is 45.4 Å². The highest BCUT2D eigenvalue weighted by Gasteiger charge is 2.44. The van der Waals surface area contributed by atoms with E-state index in [4.69, 9.17) is 0 Å². The van der Waals surface area contributed by atoms with Crippen LogP contribution in [-0.2, 0) is 0 Å². The molecule has 4 heterocycles. The number of hydrogen-bond donors (Lipinski definition) is 0. The van der Waals surface area contributed by atoms with E-state index in [2.05, 4.69) is 60.9 Å². The molecule has 3 aliphatic rings. The SMILES string of the molecule is Cc1cc(-c2nnc(-c3ccc(I)cc3N3CCC4(CC3)CC4)s2)cc(N2CCCC(F)(F)C2)n1. The van der Waals surface area contributed by atoms with Crippen LogP contribution in [0.3, 0.4) is 0 Å². The molecule has 2 aromatic heterocycles. The van der Waals surface area contributed by atoms with Crippen molar-refractivity contribution in [2.75, 3.05) is 36.0 Å². The van der Waals surface area contributed by atoms with Gasteiger partial charge in [-0.2, -0.15) is 0 Å². The normalized spacial score (nSPS) is 20.9. The Hall–Kier alpha value is -1.88. The predicted octanol–water partition coefficient (Wildman–Crippen LogP) is 6.80. The number of pyridine rings is 1. The Kier molecular flexibility index (Phi) is 5.98. The second-order valence-electron chi connectivity index (χ2n) is 10.3. The van der Waals surface area contributed by atoms with Crippen molar-refractivity contribution in [1.82, 2.24) is 15.2 Å². The van der Waals surface area contributed by atoms with Gasteiger partial charge in [0.2, 0.25) is 0 Å². The number of piperidine rings is 2. The summed E-state index contributed by atoms with van der Waals surface area (Å²) >= 11 is 3.93. The van der Waals surface area contributed by atoms with Crippen molar-refractivity contribution in [2.24, 2.45) is 5.41 Å². The highest BCUT2D eigenvalue weighted by atomic mass is 127. The van der Waals surface area contributed by atoms with Crippen LogP contribution in [0, 0.1) is 15.9 Å². The molecule has 1 aromatic carbocycles. The number of halogens is 3. The first-order valence-corrected chi connectivity index (χ1v) is 14.2. The van der Waals surface area contributed by atoms with Gasteiger partial charge in [0.15, 0.2) is 0 Å². The molecule has 1 saturated carbocycles. The van der Waals surface area contributed by atoms with E-state index in [1.165, 1.54) is 34.9 Å². The average molecular weight is 608 g/mol. The number of aromatic nitrogens is 3. The maximum Gasteiger partial charge on any atom is 0.265 e. The van der Waals surface area contributed by atoms with E-state index >= 15 is 0 Å². The van der Waals surface area contributed by atoms with Gasteiger partial charge in [-0.1, -0.05) is 11.3 Å². The smallest absolute Gasteiger partial charge is 0.265 e. The number of benzene rings is 1. The minimum atomic E-state index is -2.67. The van der Waals surface area contributed by atoms with Gasteiger partial charge in [0.1, 0.15) is 15.8 Å². The first-order valence-electron chi connectivity index (χ1n) is 12.3. The second kappa shape index (κ2) is 8.90. The molecule has 5 nitrogen and oxygen atoms in total. The van der Waals surface area contributed by atoms with Gasteiger partial charge in [-0.25, -0.2) is 13.8 Å². The van der Waals surface area contributed by atoms with Gasteiger partial charge in [-0.15, -0.1) is 10.2 Å². The molecular weight excluding hydrogens is 579 g/mol. The Morgan fingerprint density at radius 1 is 0.914 bits per heavy atom. The number of rotatable bonds is 4. The molecule has 0 unspecified atom stereocenters. The lowest BCUT2D eigenvalue weighted by atomic mass is 9.93. The summed E-state index contributed by atoms with van der Waals surface area (Å²) in [6, 6.07) is 10.4. The molecule has 0 N–H and O–H groups in total. The van der Waals surface area contributed by atoms with Crippen molar-refractivity contribution in [1.29, 1.82) is 0 Å². The summed E-state index contributed by atoms with van der Waals surface area (Å²) in [7, 11) is 0. The lowest BCUT2D eigenvalue weighted by Crippen LogP contribution is -2.43. The zero-order valence-corrected chi connectivity index (χ0v) is 22.7. The Morgan fingerprint density at radius 2 is 1.69 bits per heavy atom. The van der Waals surface area contributed by atoms with Crippen LogP contribution in [0.25, 0.3) is 21.1 Å². The molecule has 35 heavy (non-hydrogen) atoms. The van der Waals surface area contributed by atoms with Gasteiger partial charge < -0.3 is 9.80 Å². The zero-order chi connectivity index (χ0) is 24.2. The molecule has 6 rings (SSSR count). The van der Waals surface area contributed by atoms with E-state index < -0.39 is 5.92 Å². The van der Waals surface area contributed by atoms with Gasteiger partial charge in [-0.3, -0.25) is 0 Å². The first kappa shape index (κ1) is 23.5. The van der Waals surface area contributed by atoms with Crippen LogP contribution in [0.5, 0.6) is 0 Å². The van der Waals surface area contributed by atoms with E-state index in [1.807, 2.05) is 19.1 Å². The van der Waals surface area contributed by atoms with Crippen LogP contribution in [0.1, 0.15) is 44.2 Å². The Labute approximate surface area is 222 Å². The zero-order valence-electron chi connectivity index (χ0n) is 19.7. The number of nitrogens with zero attached hydrogens (tertiary/aromatic N) is 5. The first-order chi connectivity index (χ1) is 16.8. The van der Waals surface area contributed by atoms with Gasteiger partial charge >= 0.3 is 0 Å². The van der Waals surface area contributed by atoms with E-state index in [0.717, 1.165) is 39.9 Å². The molecule has 2 saturated heterocycles. The predicted molar refractivity (Wildman–Crippen MR) is 146 cm³/mol. The fourth-order valence-electron chi connectivity index (χ4n) is 5.39. The van der Waals surface area contributed by atoms with Crippen LogP contribution in [0.4, 0.5) is 20.3 Å². The number of hydrogen-bond acceptors (Lipinski definition) is 6. The second-order valence-corrected chi connectivity index (χ2v) is 12.5. The summed E-state index contributed by atoms with van der Waals surface area (Å²) in [6.45, 7) is 4.39. The van der Waals surface area contributed by atoms with Crippen LogP contribution in [0.15, 0.2) is 30.3 Å². The summed E-state index contributed by atoms with van der Waals surface area (Å²) in [5.74, 6) is -2.08. The third kappa shape index (κ3) is 4.90. The number of aryl methyl sites for hydroxylation is 1. The van der Waals surface area contributed by atoms with Gasteiger partial charge in [0.05, 0.1) is 6.54 Å². The fourth-order valence-corrected chi connectivity index (χ4v) is 6.73. The van der Waals surface area contributed by atoms with E-state index in [-0.39, 0.29) is 13.0 Å². The highest BCUT2D eigenvalue weighted by molar-refractivity contribution is 14.1. The van der Waals surface area contributed by atoms with Gasteiger partial charge in [-0.05, 0) is 97.4 Å². The largest absolute Gasteiger partial charge is 0.371 e. The maximum atomic E-state index is 14.0. The van der Waals surface area contributed by atoms with Crippen LogP contribution < -0.4 is 9.80 Å². The minimum absolute atomic E-state index is 0.0573. The summed E-state index contributed by atoms with van der Waals surface area (Å²) < 4.78 is 29.3. The average Bonchev–Trinajstić information content (AvgIpc) is 3.39. The summed E-state index contributed by atoms with van der Waals surface area (Å²) in [6.07, 6.45) is 5.73. The van der Waals surface area contributed by atoms with E-state index in [1.54, 1.807) is 16.2 Å². The molecule has 3 fully saturated rings. The monoisotopic (exact) mass is 607 g/mol. The molecule has 0 atom stereocenters. The molecule has 2 aliphatic heterocycles. The summed E-state index contributed by atoms with van der Waals surface area (Å²) in [4.78, 5) is 8.76. The molecule has 0 bridgehead atoms. The van der Waals surface area contributed by atoms with Crippen molar-refractivity contribution in [3.05, 3.63) is 39.6 Å². The van der Waals surface area contributed by atoms with Crippen LogP contribution in [-0.4, -0.2) is 47.3 Å². The minimum Gasteiger partial charge on any atom is -0.371 e. The maximum absolute atomic E-state index is 14.0. The molecule has 0 amide bonds. The Bertz CT molecular complexity index is 1250. The van der Waals surface area contributed by atoms with Crippen molar-refractivity contribution < 1.29 is 8.78 Å². The molecule has 3 aromatic rings. The lowest BCUT2D eigenvalue weighted by Gasteiger charge is -2.35. The number of anilines is 2. The third-order valence-electron chi connectivity index (χ3n) is 7.64. The van der Waals surface area contributed by atoms with E-state index in [9.17, 15) is 8.78 Å². The Balaban J connectivity index is 1.30. The molecule has 0 radical (unpaired) electrons. The molecule has 184 valence electrons. The quantitative estimate of drug-likeness (QED) is 0.306. The topological polar surface area (TPSA) is 45.2 Å². The number of alkyl halides is 2. The molecular formula is C26H28F2IN5S. The van der Waals surface area contributed by atoms with E-state index in [0.29, 0.717) is 24.2 Å². The van der Waals surface area contributed by atoms with Gasteiger partial charge in [0.25, 0.3) is 5.92 Å². The molecule has 1 spiro atoms. The highest BCUT2D eigenvalue weighted by Crippen LogP contribution is 2.54.